The smallest absolute Gasteiger partial charge is 0.133 e. The van der Waals surface area contributed by atoms with Crippen molar-refractivity contribution in [1.29, 1.82) is 0 Å². The fourth-order valence-corrected chi connectivity index (χ4v) is 3.42. The van der Waals surface area contributed by atoms with E-state index < -0.39 is 6.10 Å². The Morgan fingerprint density at radius 2 is 1.95 bits per heavy atom. The predicted octanol–water partition coefficient (Wildman–Crippen LogP) is 1.24. The van der Waals surface area contributed by atoms with Crippen LogP contribution in [0.15, 0.2) is 12.3 Å². The normalized spacial score (nSPS) is 29.3. The first-order valence-corrected chi connectivity index (χ1v) is 8.01. The average molecular weight is 307 g/mol. The second-order valence-corrected chi connectivity index (χ2v) is 7.67. The van der Waals surface area contributed by atoms with E-state index in [1.165, 1.54) is 0 Å². The van der Waals surface area contributed by atoms with Gasteiger partial charge in [0.2, 0.25) is 0 Å². The summed E-state index contributed by atoms with van der Waals surface area (Å²) in [6, 6.07) is 2.21. The Kier molecular flexibility index (Phi) is 5.20. The van der Waals surface area contributed by atoms with Crippen molar-refractivity contribution in [3.63, 3.8) is 0 Å². The van der Waals surface area contributed by atoms with E-state index in [2.05, 4.69) is 30.7 Å². The van der Waals surface area contributed by atoms with E-state index in [1.54, 1.807) is 0 Å². The summed E-state index contributed by atoms with van der Waals surface area (Å²) in [5.41, 5.74) is 0.909. The molecule has 4 atom stereocenters. The van der Waals surface area contributed by atoms with Gasteiger partial charge in [0.15, 0.2) is 0 Å². The number of hydrogen-bond acceptors (Lipinski definition) is 5. The molecule has 2 N–H and O–H groups in total. The maximum absolute atomic E-state index is 10.2. The van der Waals surface area contributed by atoms with Crippen molar-refractivity contribution < 1.29 is 10.2 Å². The van der Waals surface area contributed by atoms with Crippen LogP contribution in [0.4, 0.5) is 0 Å². The van der Waals surface area contributed by atoms with Gasteiger partial charge in [-0.3, -0.25) is 0 Å². The Labute approximate surface area is 133 Å². The lowest BCUT2D eigenvalue weighted by Crippen LogP contribution is -2.35. The van der Waals surface area contributed by atoms with Crippen molar-refractivity contribution >= 4 is 0 Å². The summed E-state index contributed by atoms with van der Waals surface area (Å²) in [5.74, 6) is 0.962. The summed E-state index contributed by atoms with van der Waals surface area (Å²) >= 11 is 0. The standard InChI is InChI=1S/C17H29N3O2/c1-17(2,3)16-18-7-6-11(19-16)8-12-13(10-21)15(22)9-14(12)20(4)5/h6-7,12-15,21-22H,8-10H2,1-5H3. The summed E-state index contributed by atoms with van der Waals surface area (Å²) in [6.07, 6.45) is 2.84. The molecular formula is C17H29N3O2. The highest BCUT2D eigenvalue weighted by atomic mass is 16.3. The van der Waals surface area contributed by atoms with Crippen molar-refractivity contribution in [2.75, 3.05) is 20.7 Å². The topological polar surface area (TPSA) is 69.5 Å². The highest BCUT2D eigenvalue weighted by molar-refractivity contribution is 5.11. The molecule has 124 valence electrons. The van der Waals surface area contributed by atoms with Gasteiger partial charge in [-0.05, 0) is 38.9 Å². The molecule has 0 amide bonds. The Morgan fingerprint density at radius 3 is 2.50 bits per heavy atom. The van der Waals surface area contributed by atoms with Gasteiger partial charge in [0.25, 0.3) is 0 Å². The zero-order chi connectivity index (χ0) is 16.5. The van der Waals surface area contributed by atoms with Crippen LogP contribution in [0.1, 0.15) is 38.7 Å². The second-order valence-electron chi connectivity index (χ2n) is 7.67. The van der Waals surface area contributed by atoms with Gasteiger partial charge in [0.05, 0.1) is 6.10 Å². The lowest BCUT2D eigenvalue weighted by atomic mass is 9.88. The monoisotopic (exact) mass is 307 g/mol. The average Bonchev–Trinajstić information content (AvgIpc) is 2.74. The lowest BCUT2D eigenvalue weighted by molar-refractivity contribution is 0.0707. The fraction of sp³-hybridized carbons (Fsp3) is 0.765. The predicted molar refractivity (Wildman–Crippen MR) is 86.6 cm³/mol. The zero-order valence-electron chi connectivity index (χ0n) is 14.3. The summed E-state index contributed by atoms with van der Waals surface area (Å²) < 4.78 is 0. The van der Waals surface area contributed by atoms with Crippen molar-refractivity contribution in [3.05, 3.63) is 23.8 Å². The maximum atomic E-state index is 10.2. The maximum Gasteiger partial charge on any atom is 0.133 e. The van der Waals surface area contributed by atoms with E-state index in [1.807, 2.05) is 26.4 Å². The van der Waals surface area contributed by atoms with Gasteiger partial charge in [-0.1, -0.05) is 20.8 Å². The van der Waals surface area contributed by atoms with Crippen LogP contribution in [-0.2, 0) is 11.8 Å². The molecule has 1 fully saturated rings. The van der Waals surface area contributed by atoms with Crippen LogP contribution >= 0.6 is 0 Å². The minimum Gasteiger partial charge on any atom is -0.396 e. The van der Waals surface area contributed by atoms with Crippen molar-refractivity contribution in [3.8, 4) is 0 Å². The van der Waals surface area contributed by atoms with Crippen LogP contribution in [0.2, 0.25) is 0 Å². The van der Waals surface area contributed by atoms with Crippen LogP contribution in [0, 0.1) is 11.8 Å². The molecule has 0 radical (unpaired) electrons. The summed E-state index contributed by atoms with van der Waals surface area (Å²) in [4.78, 5) is 11.2. The van der Waals surface area contributed by atoms with Crippen molar-refractivity contribution in [2.24, 2.45) is 11.8 Å². The summed E-state index contributed by atoms with van der Waals surface area (Å²) in [5, 5.41) is 19.9. The highest BCUT2D eigenvalue weighted by Crippen LogP contribution is 2.36. The highest BCUT2D eigenvalue weighted by Gasteiger charge is 2.43. The third kappa shape index (κ3) is 3.65. The van der Waals surface area contributed by atoms with E-state index >= 15 is 0 Å². The SMILES string of the molecule is CN(C)C1CC(O)C(CO)C1Cc1ccnc(C(C)(C)C)n1. The van der Waals surface area contributed by atoms with Gasteiger partial charge in [-0.25, -0.2) is 9.97 Å². The molecule has 1 heterocycles. The number of hydrogen-bond donors (Lipinski definition) is 2. The molecule has 2 rings (SSSR count). The molecule has 1 saturated carbocycles. The van der Waals surface area contributed by atoms with E-state index in [0.717, 1.165) is 17.9 Å². The van der Waals surface area contributed by atoms with Crippen LogP contribution in [0.25, 0.3) is 0 Å². The number of rotatable bonds is 4. The molecular weight excluding hydrogens is 278 g/mol. The van der Waals surface area contributed by atoms with Gasteiger partial charge in [0.1, 0.15) is 5.82 Å². The Bertz CT molecular complexity index is 499. The first-order chi connectivity index (χ1) is 10.2. The zero-order valence-corrected chi connectivity index (χ0v) is 14.3. The van der Waals surface area contributed by atoms with Crippen molar-refractivity contribution in [2.45, 2.75) is 51.2 Å². The first-order valence-electron chi connectivity index (χ1n) is 8.01. The molecule has 0 aromatic carbocycles. The molecule has 0 bridgehead atoms. The molecule has 1 aliphatic rings. The van der Waals surface area contributed by atoms with E-state index in [9.17, 15) is 10.2 Å². The van der Waals surface area contributed by atoms with Gasteiger partial charge >= 0.3 is 0 Å². The fourth-order valence-electron chi connectivity index (χ4n) is 3.42. The third-order valence-corrected chi connectivity index (χ3v) is 4.72. The van der Waals surface area contributed by atoms with Crippen LogP contribution in [-0.4, -0.2) is 57.9 Å². The third-order valence-electron chi connectivity index (χ3n) is 4.72. The molecule has 1 aromatic heterocycles. The molecule has 1 aromatic rings. The molecule has 5 heteroatoms. The minimum atomic E-state index is -0.439. The molecule has 22 heavy (non-hydrogen) atoms. The number of aromatic nitrogens is 2. The molecule has 0 spiro atoms. The molecule has 0 saturated heterocycles. The Morgan fingerprint density at radius 1 is 1.27 bits per heavy atom. The number of nitrogens with zero attached hydrogens (tertiary/aromatic N) is 3. The van der Waals surface area contributed by atoms with E-state index in [0.29, 0.717) is 6.42 Å². The van der Waals surface area contributed by atoms with Crippen molar-refractivity contribution in [1.82, 2.24) is 14.9 Å². The van der Waals surface area contributed by atoms with Gasteiger partial charge in [-0.15, -0.1) is 0 Å². The van der Waals surface area contributed by atoms with E-state index in [4.69, 9.17) is 4.98 Å². The number of aliphatic hydroxyl groups excluding tert-OH is 2. The lowest BCUT2D eigenvalue weighted by Gasteiger charge is -2.28. The summed E-state index contributed by atoms with van der Waals surface area (Å²) in [7, 11) is 4.06. The molecule has 4 unspecified atom stereocenters. The minimum absolute atomic E-state index is 0.0212. The largest absolute Gasteiger partial charge is 0.396 e. The van der Waals surface area contributed by atoms with Crippen LogP contribution < -0.4 is 0 Å². The quantitative estimate of drug-likeness (QED) is 0.876. The van der Waals surface area contributed by atoms with E-state index in [-0.39, 0.29) is 29.9 Å². The van der Waals surface area contributed by atoms with Gasteiger partial charge in [0, 0.05) is 35.9 Å². The molecule has 1 aliphatic carbocycles. The number of aliphatic hydroxyl groups is 2. The van der Waals surface area contributed by atoms with Gasteiger partial charge in [-0.2, -0.15) is 0 Å². The van der Waals surface area contributed by atoms with Crippen LogP contribution in [0.5, 0.6) is 0 Å². The van der Waals surface area contributed by atoms with Gasteiger partial charge < -0.3 is 15.1 Å². The first kappa shape index (κ1) is 17.3. The Hall–Kier alpha value is -1.04. The summed E-state index contributed by atoms with van der Waals surface area (Å²) in [6.45, 7) is 6.33. The second kappa shape index (κ2) is 6.60. The Balaban J connectivity index is 2.23. The molecule has 0 aliphatic heterocycles. The van der Waals surface area contributed by atoms with Crippen LogP contribution in [0.3, 0.4) is 0 Å². The molecule has 5 nitrogen and oxygen atoms in total.